The maximum atomic E-state index is 9.10. The molecule has 106 valence electrons. The minimum atomic E-state index is -1.01. The summed E-state index contributed by atoms with van der Waals surface area (Å²) in [5.41, 5.74) is 0.968. The van der Waals surface area contributed by atoms with Gasteiger partial charge in [-0.15, -0.1) is 0 Å². The van der Waals surface area contributed by atoms with E-state index in [1.807, 2.05) is 30.5 Å². The first kappa shape index (κ1) is 16.5. The van der Waals surface area contributed by atoms with Gasteiger partial charge in [0.05, 0.1) is 17.4 Å². The van der Waals surface area contributed by atoms with Crippen LogP contribution < -0.4 is 5.46 Å². The van der Waals surface area contributed by atoms with E-state index in [0.29, 0.717) is 0 Å². The molecule has 1 aromatic carbocycles. The molecule has 3 N–H and O–H groups in total. The summed E-state index contributed by atoms with van der Waals surface area (Å²) in [7, 11) is 5.56. The van der Waals surface area contributed by atoms with Gasteiger partial charge in [0.25, 0.3) is 0 Å². The Morgan fingerprint density at radius 2 is 1.45 bits per heavy atom. The summed E-state index contributed by atoms with van der Waals surface area (Å²) in [5, 5.41) is 24.8. The highest BCUT2D eigenvalue weighted by Gasteiger charge is 2.31. The Hall–Kier alpha value is -1.59. The quantitative estimate of drug-likeness (QED) is 0.724. The molecule has 2 aromatic rings. The Kier molecular flexibility index (Phi) is 5.14. The largest absolute Gasteiger partial charge is 0.387 e. The molecular weight excluding hydrogens is 251 g/mol. The first-order valence-electron chi connectivity index (χ1n) is 6.41. The molecule has 2 radical (unpaired) electrons. The summed E-state index contributed by atoms with van der Waals surface area (Å²) in [6.45, 7) is 6.31. The molecule has 1 heterocycles. The van der Waals surface area contributed by atoms with Crippen molar-refractivity contribution in [3.8, 4) is 11.1 Å². The fraction of sp³-hybridized carbons (Fsp3) is 0.400. The summed E-state index contributed by atoms with van der Waals surface area (Å²) in [4.78, 5) is 0. The van der Waals surface area contributed by atoms with Crippen molar-refractivity contribution < 1.29 is 10.2 Å². The predicted molar refractivity (Wildman–Crippen MR) is 82.0 cm³/mol. The minimum Gasteiger partial charge on any atom is -0.387 e. The molecule has 0 fully saturated rings. The van der Waals surface area contributed by atoms with Crippen LogP contribution in [0.2, 0.25) is 0 Å². The molecule has 0 unspecified atom stereocenters. The van der Waals surface area contributed by atoms with E-state index in [4.69, 9.17) is 18.1 Å². The van der Waals surface area contributed by atoms with Crippen LogP contribution in [0.1, 0.15) is 27.7 Å². The SMILES string of the molecule is CC(C)(O)C(C)(C)O.[B]c1ccc(-c2cn[nH]c2)cc1. The zero-order valence-electron chi connectivity index (χ0n) is 12.4. The molecule has 0 atom stereocenters. The summed E-state index contributed by atoms with van der Waals surface area (Å²) in [6, 6.07) is 7.70. The van der Waals surface area contributed by atoms with Gasteiger partial charge in [-0.2, -0.15) is 5.10 Å². The molecule has 4 nitrogen and oxygen atoms in total. The molecular formula is C15H21BN2O2. The van der Waals surface area contributed by atoms with Crippen LogP contribution in [-0.4, -0.2) is 39.5 Å². The van der Waals surface area contributed by atoms with Crippen molar-refractivity contribution >= 4 is 13.3 Å². The van der Waals surface area contributed by atoms with Crippen LogP contribution in [0.3, 0.4) is 0 Å². The van der Waals surface area contributed by atoms with Crippen LogP contribution in [0.4, 0.5) is 0 Å². The second-order valence-corrected chi connectivity index (χ2v) is 5.73. The van der Waals surface area contributed by atoms with Gasteiger partial charge in [0.2, 0.25) is 0 Å². The number of aromatic amines is 1. The summed E-state index contributed by atoms with van der Waals surface area (Å²) < 4.78 is 0. The zero-order valence-corrected chi connectivity index (χ0v) is 12.4. The third-order valence-electron chi connectivity index (χ3n) is 3.24. The van der Waals surface area contributed by atoms with E-state index in [9.17, 15) is 0 Å². The van der Waals surface area contributed by atoms with Gasteiger partial charge in [-0.05, 0) is 33.3 Å². The normalized spacial score (nSPS) is 11.7. The number of nitrogens with zero attached hydrogens (tertiary/aromatic N) is 1. The van der Waals surface area contributed by atoms with Crippen LogP contribution >= 0.6 is 0 Å². The van der Waals surface area contributed by atoms with Gasteiger partial charge in [0, 0.05) is 11.8 Å². The van der Waals surface area contributed by atoms with Crippen LogP contribution in [0.25, 0.3) is 11.1 Å². The highest BCUT2D eigenvalue weighted by Crippen LogP contribution is 2.19. The third kappa shape index (κ3) is 4.83. The highest BCUT2D eigenvalue weighted by atomic mass is 16.3. The van der Waals surface area contributed by atoms with Crippen molar-refractivity contribution in [1.82, 2.24) is 10.2 Å². The first-order chi connectivity index (χ1) is 9.11. The fourth-order valence-electron chi connectivity index (χ4n) is 1.08. The number of benzene rings is 1. The summed E-state index contributed by atoms with van der Waals surface area (Å²) in [6.07, 6.45) is 3.64. The van der Waals surface area contributed by atoms with E-state index in [0.717, 1.165) is 16.6 Å². The van der Waals surface area contributed by atoms with E-state index >= 15 is 0 Å². The van der Waals surface area contributed by atoms with E-state index in [1.54, 1.807) is 33.9 Å². The molecule has 0 saturated heterocycles. The predicted octanol–water partition coefficient (Wildman–Crippen LogP) is 1.40. The van der Waals surface area contributed by atoms with E-state index < -0.39 is 11.2 Å². The van der Waals surface area contributed by atoms with Crippen LogP contribution in [0.15, 0.2) is 36.7 Å². The van der Waals surface area contributed by atoms with Crippen molar-refractivity contribution in [3.05, 3.63) is 36.7 Å². The van der Waals surface area contributed by atoms with E-state index in [1.165, 1.54) is 0 Å². The molecule has 20 heavy (non-hydrogen) atoms. The number of nitrogens with one attached hydrogen (secondary N) is 1. The number of aliphatic hydroxyl groups is 2. The van der Waals surface area contributed by atoms with Gasteiger partial charge in [-0.25, -0.2) is 0 Å². The maximum absolute atomic E-state index is 9.10. The molecule has 0 aliphatic carbocycles. The van der Waals surface area contributed by atoms with Gasteiger partial charge in [-0.1, -0.05) is 29.7 Å². The Bertz CT molecular complexity index is 496. The molecule has 2 rings (SSSR count). The van der Waals surface area contributed by atoms with Crippen molar-refractivity contribution in [3.63, 3.8) is 0 Å². The molecule has 0 aliphatic heterocycles. The average Bonchev–Trinajstić information content (AvgIpc) is 2.81. The standard InChI is InChI=1S/C9H7BN2.C6H14O2/c10-9-3-1-7(2-4-9)8-5-11-12-6-8;1-5(2,7)6(3,4)8/h1-6H,(H,11,12);7-8H,1-4H3. The lowest BCUT2D eigenvalue weighted by atomic mass is 9.90. The molecule has 0 saturated carbocycles. The monoisotopic (exact) mass is 272 g/mol. The van der Waals surface area contributed by atoms with Crippen LogP contribution in [0.5, 0.6) is 0 Å². The van der Waals surface area contributed by atoms with E-state index in [2.05, 4.69) is 10.2 Å². The first-order valence-corrected chi connectivity index (χ1v) is 6.41. The van der Waals surface area contributed by atoms with Gasteiger partial charge in [0.15, 0.2) is 0 Å². The minimum absolute atomic E-state index is 0.780. The van der Waals surface area contributed by atoms with Gasteiger partial charge in [-0.3, -0.25) is 5.10 Å². The van der Waals surface area contributed by atoms with E-state index in [-0.39, 0.29) is 0 Å². The Balaban J connectivity index is 0.000000221. The lowest BCUT2D eigenvalue weighted by molar-refractivity contribution is -0.107. The highest BCUT2D eigenvalue weighted by molar-refractivity contribution is 6.32. The van der Waals surface area contributed by atoms with Crippen LogP contribution in [-0.2, 0) is 0 Å². The Morgan fingerprint density at radius 3 is 1.80 bits per heavy atom. The second kappa shape index (κ2) is 6.24. The maximum Gasteiger partial charge on any atom is 0.113 e. The Labute approximate surface area is 121 Å². The molecule has 0 aliphatic rings. The van der Waals surface area contributed by atoms with Crippen molar-refractivity contribution in [2.75, 3.05) is 0 Å². The molecule has 5 heteroatoms. The van der Waals surface area contributed by atoms with Crippen molar-refractivity contribution in [2.45, 2.75) is 38.9 Å². The lowest BCUT2D eigenvalue weighted by Gasteiger charge is -2.31. The van der Waals surface area contributed by atoms with Crippen LogP contribution in [0, 0.1) is 0 Å². The molecule has 0 bridgehead atoms. The number of hydrogen-bond donors (Lipinski definition) is 3. The fourth-order valence-corrected chi connectivity index (χ4v) is 1.08. The van der Waals surface area contributed by atoms with Gasteiger partial charge >= 0.3 is 0 Å². The smallest absolute Gasteiger partial charge is 0.113 e. The van der Waals surface area contributed by atoms with Crippen molar-refractivity contribution in [2.24, 2.45) is 0 Å². The number of aromatic nitrogens is 2. The topological polar surface area (TPSA) is 69.1 Å². The summed E-state index contributed by atoms with van der Waals surface area (Å²) >= 11 is 0. The van der Waals surface area contributed by atoms with Gasteiger partial charge in [0.1, 0.15) is 7.85 Å². The molecule has 0 amide bonds. The average molecular weight is 272 g/mol. The number of hydrogen-bond acceptors (Lipinski definition) is 3. The lowest BCUT2D eigenvalue weighted by Crippen LogP contribution is -2.44. The second-order valence-electron chi connectivity index (χ2n) is 5.73. The van der Waals surface area contributed by atoms with Crippen molar-refractivity contribution in [1.29, 1.82) is 0 Å². The number of H-pyrrole nitrogens is 1. The number of rotatable bonds is 2. The van der Waals surface area contributed by atoms with Gasteiger partial charge < -0.3 is 10.2 Å². The zero-order chi connectivity index (χ0) is 15.4. The molecule has 0 spiro atoms. The Morgan fingerprint density at radius 1 is 0.950 bits per heavy atom. The summed E-state index contributed by atoms with van der Waals surface area (Å²) in [5.74, 6) is 0. The molecule has 1 aromatic heterocycles. The third-order valence-corrected chi connectivity index (χ3v) is 3.24.